The summed E-state index contributed by atoms with van der Waals surface area (Å²) in [6, 6.07) is 14.7. The monoisotopic (exact) mass is 447 g/mol. The molecule has 0 radical (unpaired) electrons. The van der Waals surface area contributed by atoms with E-state index < -0.39 is 0 Å². The van der Waals surface area contributed by atoms with Gasteiger partial charge in [0, 0.05) is 41.4 Å². The number of nitrogens with zero attached hydrogens (tertiary/aromatic N) is 3. The van der Waals surface area contributed by atoms with Crippen LogP contribution in [0.2, 0.25) is 5.02 Å². The molecule has 7 heteroatoms. The molecule has 5 nitrogen and oxygen atoms in total. The second-order valence-corrected chi connectivity index (χ2v) is 8.12. The molecule has 2 amide bonds. The molecule has 27 heavy (non-hydrogen) atoms. The highest BCUT2D eigenvalue weighted by atomic mass is 79.9. The first-order valence-electron chi connectivity index (χ1n) is 8.90. The Morgan fingerprint density at radius 2 is 1.44 bits per heavy atom. The normalized spacial score (nSPS) is 21.2. The van der Waals surface area contributed by atoms with Crippen LogP contribution in [0.15, 0.2) is 53.0 Å². The molecule has 1 atom stereocenters. The zero-order valence-corrected chi connectivity index (χ0v) is 17.0. The number of benzene rings is 2. The Bertz CT molecular complexity index is 849. The van der Waals surface area contributed by atoms with Gasteiger partial charge in [-0.1, -0.05) is 27.5 Å². The number of carbonyl (C=O) groups is 2. The zero-order valence-electron chi connectivity index (χ0n) is 14.6. The van der Waals surface area contributed by atoms with Gasteiger partial charge in [-0.25, -0.2) is 4.90 Å². The van der Waals surface area contributed by atoms with Gasteiger partial charge < -0.3 is 4.90 Å². The number of hydrogen-bond acceptors (Lipinski definition) is 4. The van der Waals surface area contributed by atoms with Crippen molar-refractivity contribution in [3.8, 4) is 0 Å². The Balaban J connectivity index is 1.43. The maximum atomic E-state index is 12.9. The van der Waals surface area contributed by atoms with Crippen LogP contribution in [0, 0.1) is 0 Å². The van der Waals surface area contributed by atoms with E-state index in [1.807, 2.05) is 36.4 Å². The topological polar surface area (TPSA) is 43.9 Å². The molecule has 2 aromatic rings. The quantitative estimate of drug-likeness (QED) is 0.674. The lowest BCUT2D eigenvalue weighted by Crippen LogP contribution is -2.52. The Morgan fingerprint density at radius 1 is 0.852 bits per heavy atom. The molecule has 0 N–H and O–H groups in total. The molecular formula is C20H19BrClN3O2. The lowest BCUT2D eigenvalue weighted by molar-refractivity contribution is -0.123. The molecular weight excluding hydrogens is 430 g/mol. The fourth-order valence-corrected chi connectivity index (χ4v) is 4.10. The first-order chi connectivity index (χ1) is 13.0. The summed E-state index contributed by atoms with van der Waals surface area (Å²) in [5.41, 5.74) is 1.76. The third kappa shape index (κ3) is 3.74. The number of rotatable bonds is 3. The van der Waals surface area contributed by atoms with Crippen LogP contribution < -0.4 is 9.80 Å². The Kier molecular flexibility index (Phi) is 5.21. The average molecular weight is 449 g/mol. The van der Waals surface area contributed by atoms with Crippen LogP contribution in [0.5, 0.6) is 0 Å². The van der Waals surface area contributed by atoms with Gasteiger partial charge in [-0.2, -0.15) is 0 Å². The molecule has 0 unspecified atom stereocenters. The van der Waals surface area contributed by atoms with E-state index in [1.165, 1.54) is 4.90 Å². The molecule has 2 heterocycles. The van der Waals surface area contributed by atoms with E-state index in [0.717, 1.165) is 41.4 Å². The summed E-state index contributed by atoms with van der Waals surface area (Å²) in [7, 11) is 0. The van der Waals surface area contributed by atoms with E-state index in [0.29, 0.717) is 5.69 Å². The second-order valence-electron chi connectivity index (χ2n) is 6.76. The number of imide groups is 1. The van der Waals surface area contributed by atoms with Gasteiger partial charge in [0.05, 0.1) is 18.2 Å². The van der Waals surface area contributed by atoms with Gasteiger partial charge in [0.2, 0.25) is 5.91 Å². The van der Waals surface area contributed by atoms with Crippen molar-refractivity contribution in [3.05, 3.63) is 58.0 Å². The summed E-state index contributed by atoms with van der Waals surface area (Å²) in [6.45, 7) is 3.14. The second kappa shape index (κ2) is 7.62. The number of halogens is 2. The molecule has 0 aliphatic carbocycles. The van der Waals surface area contributed by atoms with E-state index in [2.05, 4.69) is 25.7 Å². The van der Waals surface area contributed by atoms with Gasteiger partial charge in [-0.05, 0) is 48.5 Å². The molecule has 2 saturated heterocycles. The molecule has 2 aromatic carbocycles. The molecule has 0 spiro atoms. The first-order valence-corrected chi connectivity index (χ1v) is 10.1. The predicted molar refractivity (Wildman–Crippen MR) is 110 cm³/mol. The number of piperazine rings is 1. The van der Waals surface area contributed by atoms with Crippen molar-refractivity contribution in [1.29, 1.82) is 0 Å². The van der Waals surface area contributed by atoms with Gasteiger partial charge in [0.25, 0.3) is 5.91 Å². The number of hydrogen-bond donors (Lipinski definition) is 0. The highest BCUT2D eigenvalue weighted by Gasteiger charge is 2.43. The van der Waals surface area contributed by atoms with Crippen molar-refractivity contribution in [2.24, 2.45) is 0 Å². The van der Waals surface area contributed by atoms with E-state index >= 15 is 0 Å². The molecule has 0 saturated carbocycles. The minimum absolute atomic E-state index is 0.123. The van der Waals surface area contributed by atoms with E-state index in [1.54, 1.807) is 12.1 Å². The molecule has 0 aromatic heterocycles. The highest BCUT2D eigenvalue weighted by molar-refractivity contribution is 9.10. The van der Waals surface area contributed by atoms with Gasteiger partial charge >= 0.3 is 0 Å². The van der Waals surface area contributed by atoms with Crippen LogP contribution in [-0.2, 0) is 9.59 Å². The fourth-order valence-electron chi connectivity index (χ4n) is 3.71. The number of carbonyl (C=O) groups excluding carboxylic acids is 2. The lowest BCUT2D eigenvalue weighted by Gasteiger charge is -2.38. The SMILES string of the molecule is O=C1C[C@@H](N2CCN(c3ccc(Cl)cc3)CC2)C(=O)N1c1ccc(Br)cc1. The van der Waals surface area contributed by atoms with Crippen molar-refractivity contribution in [3.63, 3.8) is 0 Å². The average Bonchev–Trinajstić information content (AvgIpc) is 2.98. The van der Waals surface area contributed by atoms with Crippen LogP contribution in [0.25, 0.3) is 0 Å². The lowest BCUT2D eigenvalue weighted by atomic mass is 10.1. The van der Waals surface area contributed by atoms with Gasteiger partial charge in [-0.15, -0.1) is 0 Å². The smallest absolute Gasteiger partial charge is 0.251 e. The van der Waals surface area contributed by atoms with E-state index in [4.69, 9.17) is 11.6 Å². The predicted octanol–water partition coefficient (Wildman–Crippen LogP) is 3.56. The summed E-state index contributed by atoms with van der Waals surface area (Å²) >= 11 is 9.34. The Morgan fingerprint density at radius 3 is 2.07 bits per heavy atom. The molecule has 2 fully saturated rings. The van der Waals surface area contributed by atoms with E-state index in [9.17, 15) is 9.59 Å². The molecule has 2 aliphatic rings. The van der Waals surface area contributed by atoms with Gasteiger partial charge in [0.15, 0.2) is 0 Å². The van der Waals surface area contributed by atoms with Crippen molar-refractivity contribution < 1.29 is 9.59 Å². The fraction of sp³-hybridized carbons (Fsp3) is 0.300. The largest absolute Gasteiger partial charge is 0.369 e. The van der Waals surface area contributed by atoms with Crippen molar-refractivity contribution in [2.45, 2.75) is 12.5 Å². The maximum absolute atomic E-state index is 12.9. The van der Waals surface area contributed by atoms with Gasteiger partial charge in [0.1, 0.15) is 0 Å². The highest BCUT2D eigenvalue weighted by Crippen LogP contribution is 2.28. The standard InChI is InChI=1S/C20H19BrClN3O2/c21-14-1-5-17(6-2-14)25-19(26)13-18(20(25)27)24-11-9-23(10-12-24)16-7-3-15(22)4-8-16/h1-8,18H,9-13H2/t18-/m1/s1. The van der Waals surface area contributed by atoms with Crippen molar-refractivity contribution in [2.75, 3.05) is 36.0 Å². The maximum Gasteiger partial charge on any atom is 0.251 e. The molecule has 4 rings (SSSR count). The summed E-state index contributed by atoms with van der Waals surface area (Å²) in [5, 5.41) is 0.723. The molecule has 2 aliphatic heterocycles. The van der Waals surface area contributed by atoms with Crippen LogP contribution in [-0.4, -0.2) is 48.9 Å². The summed E-state index contributed by atoms with van der Waals surface area (Å²) in [6.07, 6.45) is 0.246. The summed E-state index contributed by atoms with van der Waals surface area (Å²) < 4.78 is 0.917. The van der Waals surface area contributed by atoms with Crippen molar-refractivity contribution in [1.82, 2.24) is 4.90 Å². The third-order valence-corrected chi connectivity index (χ3v) is 5.94. The Labute approximate surface area is 171 Å². The van der Waals surface area contributed by atoms with Crippen LogP contribution >= 0.6 is 27.5 Å². The van der Waals surface area contributed by atoms with E-state index in [-0.39, 0.29) is 24.3 Å². The summed E-state index contributed by atoms with van der Waals surface area (Å²) in [4.78, 5) is 31.1. The van der Waals surface area contributed by atoms with Gasteiger partial charge in [-0.3, -0.25) is 14.5 Å². The zero-order chi connectivity index (χ0) is 19.0. The molecule has 0 bridgehead atoms. The number of amides is 2. The number of anilines is 2. The Hall–Kier alpha value is -1.89. The third-order valence-electron chi connectivity index (χ3n) is 5.15. The minimum atomic E-state index is -0.367. The van der Waals surface area contributed by atoms with Crippen LogP contribution in [0.4, 0.5) is 11.4 Å². The van der Waals surface area contributed by atoms with Crippen molar-refractivity contribution >= 4 is 50.7 Å². The summed E-state index contributed by atoms with van der Waals surface area (Å²) in [5.74, 6) is -0.255. The molecule has 140 valence electrons. The van der Waals surface area contributed by atoms with Crippen LogP contribution in [0.3, 0.4) is 0 Å². The first kappa shape index (κ1) is 18.5. The minimum Gasteiger partial charge on any atom is -0.369 e. The van der Waals surface area contributed by atoms with Crippen LogP contribution in [0.1, 0.15) is 6.42 Å².